The molecule has 0 saturated heterocycles. The molecule has 1 aromatic rings. The molecule has 0 aliphatic carbocycles. The van der Waals surface area contributed by atoms with E-state index in [4.69, 9.17) is 5.73 Å². The highest BCUT2D eigenvalue weighted by Crippen LogP contribution is 2.33. The summed E-state index contributed by atoms with van der Waals surface area (Å²) < 4.78 is 42.0. The second-order valence-electron chi connectivity index (χ2n) is 3.08. The van der Waals surface area contributed by atoms with Crippen LogP contribution in [0.5, 0.6) is 0 Å². The lowest BCUT2D eigenvalue weighted by Gasteiger charge is -2.13. The predicted molar refractivity (Wildman–Crippen MR) is 55.5 cm³/mol. The van der Waals surface area contributed by atoms with Crippen molar-refractivity contribution in [2.45, 2.75) is 6.18 Å². The van der Waals surface area contributed by atoms with Crippen molar-refractivity contribution in [1.29, 1.82) is 0 Å². The minimum Gasteiger partial charge on any atom is -0.448 e. The van der Waals surface area contributed by atoms with Gasteiger partial charge in [0.2, 0.25) is 5.95 Å². The summed E-state index contributed by atoms with van der Waals surface area (Å²) in [4.78, 5) is 16.9. The summed E-state index contributed by atoms with van der Waals surface area (Å²) in [6.07, 6.45) is -5.06. The molecule has 0 fully saturated rings. The van der Waals surface area contributed by atoms with Gasteiger partial charge in [0, 0.05) is 6.20 Å². The number of ether oxygens (including phenoxy) is 1. The van der Waals surface area contributed by atoms with Crippen LogP contribution in [0.4, 0.5) is 29.7 Å². The molecule has 100 valence electrons. The van der Waals surface area contributed by atoms with E-state index in [1.54, 1.807) is 0 Å². The van der Waals surface area contributed by atoms with E-state index in [-0.39, 0.29) is 19.1 Å². The Morgan fingerprint density at radius 2 is 2.17 bits per heavy atom. The van der Waals surface area contributed by atoms with Crippen LogP contribution in [0, 0.1) is 0 Å². The second kappa shape index (κ2) is 5.38. The van der Waals surface area contributed by atoms with Crippen molar-refractivity contribution in [2.24, 2.45) is 5.73 Å². The third-order valence-corrected chi connectivity index (χ3v) is 1.75. The van der Waals surface area contributed by atoms with Crippen molar-refractivity contribution in [3.8, 4) is 0 Å². The minimum absolute atomic E-state index is 0.0948. The molecule has 0 bridgehead atoms. The molecule has 7 nitrogen and oxygen atoms in total. The Morgan fingerprint density at radius 3 is 2.72 bits per heavy atom. The number of anilines is 2. The van der Waals surface area contributed by atoms with Crippen molar-refractivity contribution >= 4 is 17.9 Å². The number of nitrogens with one attached hydrogen (secondary N) is 1. The molecule has 0 spiro atoms. The van der Waals surface area contributed by atoms with Gasteiger partial charge in [-0.15, -0.1) is 0 Å². The fraction of sp³-hybridized carbons (Fsp3) is 0.375. The number of nitrogens with two attached hydrogens (primary N) is 2. The molecule has 1 heterocycles. The number of nitrogen functional groups attached to an aromatic ring is 1. The van der Waals surface area contributed by atoms with Gasteiger partial charge in [-0.05, 0) is 0 Å². The maximum atomic E-state index is 12.6. The van der Waals surface area contributed by atoms with Crippen molar-refractivity contribution < 1.29 is 22.7 Å². The van der Waals surface area contributed by atoms with Crippen LogP contribution in [0.25, 0.3) is 0 Å². The van der Waals surface area contributed by atoms with Crippen LogP contribution in [0.2, 0.25) is 0 Å². The number of primary amides is 1. The molecular formula is C8H10F3N5O2. The van der Waals surface area contributed by atoms with E-state index < -0.39 is 23.7 Å². The van der Waals surface area contributed by atoms with Crippen molar-refractivity contribution in [3.63, 3.8) is 0 Å². The van der Waals surface area contributed by atoms with Crippen molar-refractivity contribution in [1.82, 2.24) is 9.97 Å². The first-order valence-electron chi connectivity index (χ1n) is 4.66. The number of hydrogen-bond donors (Lipinski definition) is 3. The Kier molecular flexibility index (Phi) is 4.13. The summed E-state index contributed by atoms with van der Waals surface area (Å²) in [6.45, 7) is -0.293. The molecule has 0 aliphatic heterocycles. The van der Waals surface area contributed by atoms with E-state index in [1.807, 2.05) is 0 Å². The number of alkyl halides is 3. The summed E-state index contributed by atoms with van der Waals surface area (Å²) in [5.41, 5.74) is 8.81. The molecule has 0 saturated carbocycles. The van der Waals surface area contributed by atoms with Gasteiger partial charge in [-0.2, -0.15) is 18.2 Å². The Labute approximate surface area is 99.3 Å². The lowest BCUT2D eigenvalue weighted by molar-refractivity contribution is -0.137. The van der Waals surface area contributed by atoms with Crippen LogP contribution in [-0.2, 0) is 10.9 Å². The molecule has 18 heavy (non-hydrogen) atoms. The summed E-state index contributed by atoms with van der Waals surface area (Å²) in [5.74, 6) is -0.788. The quantitative estimate of drug-likeness (QED) is 0.686. The van der Waals surface area contributed by atoms with Gasteiger partial charge < -0.3 is 21.5 Å². The van der Waals surface area contributed by atoms with E-state index in [9.17, 15) is 18.0 Å². The fourth-order valence-corrected chi connectivity index (χ4v) is 1.06. The van der Waals surface area contributed by atoms with E-state index in [0.717, 1.165) is 0 Å². The maximum absolute atomic E-state index is 12.6. The molecule has 0 atom stereocenters. The van der Waals surface area contributed by atoms with Gasteiger partial charge in [-0.3, -0.25) is 0 Å². The predicted octanol–water partition coefficient (Wildman–Crippen LogP) is 0.585. The molecule has 1 aromatic heterocycles. The number of amides is 1. The van der Waals surface area contributed by atoms with Gasteiger partial charge in [0.15, 0.2) is 0 Å². The zero-order valence-electron chi connectivity index (χ0n) is 8.99. The normalized spacial score (nSPS) is 11.1. The van der Waals surface area contributed by atoms with Gasteiger partial charge in [-0.25, -0.2) is 9.78 Å². The molecule has 0 aliphatic rings. The van der Waals surface area contributed by atoms with Crippen molar-refractivity contribution in [3.05, 3.63) is 11.8 Å². The third kappa shape index (κ3) is 3.96. The summed E-state index contributed by atoms with van der Waals surface area (Å²) in [6, 6.07) is 0. The lowest BCUT2D eigenvalue weighted by atomic mass is 10.3. The van der Waals surface area contributed by atoms with Crippen LogP contribution in [0.1, 0.15) is 5.56 Å². The van der Waals surface area contributed by atoms with Gasteiger partial charge in [0.1, 0.15) is 18.0 Å². The van der Waals surface area contributed by atoms with Crippen LogP contribution in [-0.4, -0.2) is 29.2 Å². The van der Waals surface area contributed by atoms with Gasteiger partial charge >= 0.3 is 12.3 Å². The molecule has 5 N–H and O–H groups in total. The molecule has 1 rings (SSSR count). The molecule has 1 amide bonds. The highest BCUT2D eigenvalue weighted by molar-refractivity contribution is 5.64. The standard InChI is InChI=1S/C8H10F3N5O2/c9-8(10,11)4-3-15-6(12)16-5(4)14-1-2-18-7(13)17/h3H,1-2H2,(H2,13,17)(H3,12,14,15,16). The number of aromatic nitrogens is 2. The first-order chi connectivity index (χ1) is 8.30. The monoisotopic (exact) mass is 265 g/mol. The van der Waals surface area contributed by atoms with Crippen LogP contribution < -0.4 is 16.8 Å². The summed E-state index contributed by atoms with van der Waals surface area (Å²) in [7, 11) is 0. The highest BCUT2D eigenvalue weighted by atomic mass is 19.4. The molecule has 0 aromatic carbocycles. The largest absolute Gasteiger partial charge is 0.448 e. The first kappa shape index (κ1) is 13.8. The highest BCUT2D eigenvalue weighted by Gasteiger charge is 2.35. The molecular weight excluding hydrogens is 255 g/mol. The zero-order valence-corrected chi connectivity index (χ0v) is 8.99. The number of carbonyl (C=O) groups is 1. The smallest absolute Gasteiger partial charge is 0.421 e. The van der Waals surface area contributed by atoms with Crippen molar-refractivity contribution in [2.75, 3.05) is 24.2 Å². The lowest BCUT2D eigenvalue weighted by Crippen LogP contribution is -2.20. The SMILES string of the molecule is NC(=O)OCCNc1nc(N)ncc1C(F)(F)F. The number of carbonyl (C=O) groups excluding carboxylic acids is 1. The van der Waals surface area contributed by atoms with E-state index in [0.29, 0.717) is 6.20 Å². The average molecular weight is 265 g/mol. The number of rotatable bonds is 4. The first-order valence-corrected chi connectivity index (χ1v) is 4.66. The topological polar surface area (TPSA) is 116 Å². The fourth-order valence-electron chi connectivity index (χ4n) is 1.06. The Balaban J connectivity index is 2.74. The summed E-state index contributed by atoms with van der Waals surface area (Å²) in [5, 5.41) is 2.33. The van der Waals surface area contributed by atoms with Gasteiger partial charge in [-0.1, -0.05) is 0 Å². The van der Waals surface area contributed by atoms with E-state index in [1.165, 1.54) is 0 Å². The molecule has 0 radical (unpaired) electrons. The van der Waals surface area contributed by atoms with Gasteiger partial charge in [0.05, 0.1) is 6.54 Å². The number of hydrogen-bond acceptors (Lipinski definition) is 6. The van der Waals surface area contributed by atoms with E-state index >= 15 is 0 Å². The van der Waals surface area contributed by atoms with Crippen LogP contribution in [0.15, 0.2) is 6.20 Å². The minimum atomic E-state index is -4.61. The molecule has 0 unspecified atom stereocenters. The van der Waals surface area contributed by atoms with E-state index in [2.05, 4.69) is 25.8 Å². The van der Waals surface area contributed by atoms with Gasteiger partial charge in [0.25, 0.3) is 0 Å². The zero-order chi connectivity index (χ0) is 13.8. The summed E-state index contributed by atoms with van der Waals surface area (Å²) >= 11 is 0. The number of halogens is 3. The van der Waals surface area contributed by atoms with Crippen LogP contribution in [0.3, 0.4) is 0 Å². The Bertz CT molecular complexity index is 437. The maximum Gasteiger partial charge on any atom is 0.421 e. The number of nitrogens with zero attached hydrogens (tertiary/aromatic N) is 2. The molecule has 10 heteroatoms. The second-order valence-corrected chi connectivity index (χ2v) is 3.08. The third-order valence-electron chi connectivity index (χ3n) is 1.75. The average Bonchev–Trinajstić information content (AvgIpc) is 2.22. The Morgan fingerprint density at radius 1 is 1.50 bits per heavy atom. The van der Waals surface area contributed by atoms with Crippen LogP contribution >= 0.6 is 0 Å². The Hall–Kier alpha value is -2.26.